The second kappa shape index (κ2) is 9.20. The van der Waals surface area contributed by atoms with Crippen LogP contribution in [0.2, 0.25) is 0 Å². The van der Waals surface area contributed by atoms with E-state index in [9.17, 15) is 4.79 Å². The lowest BCUT2D eigenvalue weighted by atomic mass is 9.97. The Morgan fingerprint density at radius 1 is 0.966 bits per heavy atom. The molecule has 1 amide bonds. The van der Waals surface area contributed by atoms with Crippen LogP contribution in [-0.2, 0) is 30.5 Å². The van der Waals surface area contributed by atoms with Gasteiger partial charge in [0, 0.05) is 18.0 Å². The average molecular weight is 431 g/mol. The van der Waals surface area contributed by atoms with E-state index in [4.69, 9.17) is 0 Å². The lowest BCUT2D eigenvalue weighted by Crippen LogP contribution is -2.46. The summed E-state index contributed by atoms with van der Waals surface area (Å²) in [5.41, 5.74) is 5.55. The summed E-state index contributed by atoms with van der Waals surface area (Å²) in [4.78, 5) is 19.6. The maximum atomic E-state index is 13.4. The second-order valence-corrected chi connectivity index (χ2v) is 9.65. The second-order valence-electron chi connectivity index (χ2n) is 8.65. The molecule has 29 heavy (non-hydrogen) atoms. The van der Waals surface area contributed by atoms with Crippen molar-refractivity contribution < 1.29 is 4.79 Å². The maximum Gasteiger partial charge on any atom is 0.227 e. The molecular formula is C24H31ClN2OS. The number of carbonyl (C=O) groups excluding carboxylic acids is 1. The van der Waals surface area contributed by atoms with Gasteiger partial charge in [-0.25, -0.2) is 0 Å². The average Bonchev–Trinajstić information content (AvgIpc) is 3.38. The molecule has 1 aliphatic carbocycles. The van der Waals surface area contributed by atoms with Gasteiger partial charge in [-0.15, -0.1) is 23.7 Å². The molecule has 0 N–H and O–H groups in total. The summed E-state index contributed by atoms with van der Waals surface area (Å²) >= 11 is 1.87. The zero-order chi connectivity index (χ0) is 18.9. The molecule has 2 aliphatic heterocycles. The van der Waals surface area contributed by atoms with E-state index in [1.165, 1.54) is 78.7 Å². The van der Waals surface area contributed by atoms with Crippen LogP contribution in [0.25, 0.3) is 0 Å². The Morgan fingerprint density at radius 2 is 1.79 bits per heavy atom. The van der Waals surface area contributed by atoms with Crippen LogP contribution < -0.4 is 0 Å². The number of halogens is 1. The number of hydrogen-bond donors (Lipinski definition) is 0. The first-order valence-electron chi connectivity index (χ1n) is 11.0. The van der Waals surface area contributed by atoms with Gasteiger partial charge in [0.2, 0.25) is 5.91 Å². The number of nitrogens with zero attached hydrogens (tertiary/aromatic N) is 2. The van der Waals surface area contributed by atoms with E-state index in [-0.39, 0.29) is 18.4 Å². The molecule has 0 saturated carbocycles. The van der Waals surface area contributed by atoms with Crippen LogP contribution in [0, 0.1) is 0 Å². The fourth-order valence-corrected chi connectivity index (χ4v) is 6.22. The van der Waals surface area contributed by atoms with Gasteiger partial charge in [0.05, 0.1) is 12.5 Å². The number of hydrogen-bond acceptors (Lipinski definition) is 3. The fraction of sp³-hybridized carbons (Fsp3) is 0.542. The number of benzene rings is 1. The summed E-state index contributed by atoms with van der Waals surface area (Å²) in [6.07, 6.45) is 9.15. The smallest absolute Gasteiger partial charge is 0.227 e. The van der Waals surface area contributed by atoms with E-state index in [1.54, 1.807) is 0 Å². The van der Waals surface area contributed by atoms with Crippen molar-refractivity contribution >= 4 is 29.7 Å². The molecule has 1 saturated heterocycles. The molecule has 0 bridgehead atoms. The Balaban J connectivity index is 0.00000205. The SMILES string of the molecule is Cl.O=C(Cc1ccc2c(c1)CCC2)N1CCc2sccc2C1CN1CCCCC1. The van der Waals surface area contributed by atoms with Gasteiger partial charge < -0.3 is 9.80 Å². The molecule has 0 spiro atoms. The van der Waals surface area contributed by atoms with Gasteiger partial charge in [-0.2, -0.15) is 0 Å². The monoisotopic (exact) mass is 430 g/mol. The highest BCUT2D eigenvalue weighted by molar-refractivity contribution is 7.10. The normalized spacial score (nSPS) is 21.4. The zero-order valence-electron chi connectivity index (χ0n) is 17.1. The number of piperidine rings is 1. The maximum absolute atomic E-state index is 13.4. The van der Waals surface area contributed by atoms with Gasteiger partial charge in [0.1, 0.15) is 0 Å². The number of amides is 1. The van der Waals surface area contributed by atoms with Gasteiger partial charge in [-0.3, -0.25) is 4.79 Å². The third-order valence-corrected chi connectivity index (χ3v) is 7.81. The first-order chi connectivity index (χ1) is 13.8. The molecule has 2 aromatic rings. The highest BCUT2D eigenvalue weighted by Gasteiger charge is 2.33. The van der Waals surface area contributed by atoms with Crippen LogP contribution in [0.1, 0.15) is 58.9 Å². The Morgan fingerprint density at radius 3 is 2.66 bits per heavy atom. The van der Waals surface area contributed by atoms with E-state index in [0.717, 1.165) is 19.5 Å². The van der Waals surface area contributed by atoms with Crippen molar-refractivity contribution in [1.82, 2.24) is 9.80 Å². The first-order valence-corrected chi connectivity index (χ1v) is 11.8. The number of fused-ring (bicyclic) bond motifs is 2. The number of carbonyl (C=O) groups is 1. The number of aryl methyl sites for hydroxylation is 2. The van der Waals surface area contributed by atoms with E-state index in [1.807, 2.05) is 11.3 Å². The predicted molar refractivity (Wildman–Crippen MR) is 122 cm³/mol. The summed E-state index contributed by atoms with van der Waals surface area (Å²) in [7, 11) is 0. The number of thiophene rings is 1. The minimum Gasteiger partial charge on any atom is -0.334 e. The van der Waals surface area contributed by atoms with Crippen LogP contribution in [0.4, 0.5) is 0 Å². The van der Waals surface area contributed by atoms with Crippen LogP contribution in [0.5, 0.6) is 0 Å². The Kier molecular flexibility index (Phi) is 6.63. The topological polar surface area (TPSA) is 23.6 Å². The van der Waals surface area contributed by atoms with E-state index < -0.39 is 0 Å². The zero-order valence-corrected chi connectivity index (χ0v) is 18.7. The molecule has 3 nitrogen and oxygen atoms in total. The first kappa shape index (κ1) is 20.9. The molecule has 1 aromatic heterocycles. The lowest BCUT2D eigenvalue weighted by molar-refractivity contribution is -0.133. The number of likely N-dealkylation sites (tertiary alicyclic amines) is 1. The summed E-state index contributed by atoms with van der Waals surface area (Å²) < 4.78 is 0. The summed E-state index contributed by atoms with van der Waals surface area (Å²) in [5.74, 6) is 0.303. The predicted octanol–water partition coefficient (Wildman–Crippen LogP) is 4.81. The minimum absolute atomic E-state index is 0. The molecule has 1 atom stereocenters. The molecule has 3 aliphatic rings. The molecule has 1 aromatic carbocycles. The van der Waals surface area contributed by atoms with Crippen molar-refractivity contribution in [3.8, 4) is 0 Å². The molecule has 5 heteroatoms. The van der Waals surface area contributed by atoms with Crippen molar-refractivity contribution in [2.24, 2.45) is 0 Å². The van der Waals surface area contributed by atoms with Crippen LogP contribution in [0.15, 0.2) is 29.6 Å². The van der Waals surface area contributed by atoms with E-state index >= 15 is 0 Å². The van der Waals surface area contributed by atoms with Gasteiger partial charge in [0.15, 0.2) is 0 Å². The molecule has 5 rings (SSSR count). The Bertz CT molecular complexity index is 858. The van der Waals surface area contributed by atoms with Gasteiger partial charge in [-0.05, 0) is 85.3 Å². The highest BCUT2D eigenvalue weighted by Crippen LogP contribution is 2.35. The summed E-state index contributed by atoms with van der Waals surface area (Å²) in [6, 6.07) is 9.23. The lowest BCUT2D eigenvalue weighted by Gasteiger charge is -2.40. The standard InChI is InChI=1S/C24H30N2OS.ClH/c27-24(16-18-7-8-19-5-4-6-20(19)15-18)26-13-9-23-21(10-14-28-23)22(26)17-25-11-2-1-3-12-25;/h7-8,10,14-15,22H,1-6,9,11-13,16-17H2;1H. The summed E-state index contributed by atoms with van der Waals surface area (Å²) in [5, 5.41) is 2.21. The van der Waals surface area contributed by atoms with Gasteiger partial charge >= 0.3 is 0 Å². The van der Waals surface area contributed by atoms with Gasteiger partial charge in [-0.1, -0.05) is 24.6 Å². The quantitative estimate of drug-likeness (QED) is 0.694. The Hall–Kier alpha value is -1.36. The molecule has 1 unspecified atom stereocenters. The summed E-state index contributed by atoms with van der Waals surface area (Å²) in [6.45, 7) is 4.24. The van der Waals surface area contributed by atoms with Crippen LogP contribution in [0.3, 0.4) is 0 Å². The molecular weight excluding hydrogens is 400 g/mol. The molecule has 156 valence electrons. The third kappa shape index (κ3) is 4.40. The fourth-order valence-electron chi connectivity index (χ4n) is 5.29. The molecule has 3 heterocycles. The van der Waals surface area contributed by atoms with Crippen LogP contribution >= 0.6 is 23.7 Å². The Labute approximate surface area is 184 Å². The molecule has 0 radical (unpaired) electrons. The van der Waals surface area contributed by atoms with Crippen LogP contribution in [-0.4, -0.2) is 41.9 Å². The van der Waals surface area contributed by atoms with Crippen molar-refractivity contribution in [3.63, 3.8) is 0 Å². The largest absolute Gasteiger partial charge is 0.334 e. The van der Waals surface area contributed by atoms with Gasteiger partial charge in [0.25, 0.3) is 0 Å². The van der Waals surface area contributed by atoms with Crippen molar-refractivity contribution in [2.45, 2.75) is 57.4 Å². The van der Waals surface area contributed by atoms with Crippen molar-refractivity contribution in [3.05, 3.63) is 56.8 Å². The van der Waals surface area contributed by atoms with E-state index in [2.05, 4.69) is 39.4 Å². The van der Waals surface area contributed by atoms with Crippen molar-refractivity contribution in [2.75, 3.05) is 26.2 Å². The molecule has 1 fully saturated rings. The number of rotatable bonds is 4. The van der Waals surface area contributed by atoms with Crippen molar-refractivity contribution in [1.29, 1.82) is 0 Å². The van der Waals surface area contributed by atoms with E-state index in [0.29, 0.717) is 12.3 Å². The third-order valence-electron chi connectivity index (χ3n) is 6.81. The minimum atomic E-state index is 0. The highest BCUT2D eigenvalue weighted by atomic mass is 35.5.